The van der Waals surface area contributed by atoms with Crippen LogP contribution in [0.2, 0.25) is 0 Å². The predicted molar refractivity (Wildman–Crippen MR) is 73.2 cm³/mol. The Morgan fingerprint density at radius 1 is 0.944 bits per heavy atom. The first kappa shape index (κ1) is 13.0. The fourth-order valence-corrected chi connectivity index (χ4v) is 1.93. The number of benzene rings is 2. The maximum atomic E-state index is 13.4. The lowest BCUT2D eigenvalue weighted by atomic mass is 10.2. The molecule has 94 valence electrons. The molecule has 0 unspecified atom stereocenters. The van der Waals surface area contributed by atoms with Crippen LogP contribution in [0.1, 0.15) is 0 Å². The lowest BCUT2D eigenvalue weighted by Gasteiger charge is -2.11. The van der Waals surface area contributed by atoms with Gasteiger partial charge in [-0.15, -0.1) is 0 Å². The van der Waals surface area contributed by atoms with Gasteiger partial charge in [0.05, 0.1) is 17.1 Å². The number of anilines is 3. The summed E-state index contributed by atoms with van der Waals surface area (Å²) in [6, 6.07) is 7.05. The van der Waals surface area contributed by atoms with Crippen LogP contribution in [-0.4, -0.2) is 0 Å². The molecule has 0 aromatic heterocycles. The minimum absolute atomic E-state index is 0.165. The van der Waals surface area contributed by atoms with Gasteiger partial charge in [-0.1, -0.05) is 0 Å². The summed E-state index contributed by atoms with van der Waals surface area (Å²) in [6.45, 7) is 0. The second-order valence-corrected chi connectivity index (χ2v) is 4.83. The van der Waals surface area contributed by atoms with Crippen LogP contribution in [-0.2, 0) is 0 Å². The van der Waals surface area contributed by atoms with Crippen molar-refractivity contribution in [1.29, 1.82) is 0 Å². The molecular weight excluding hydrogens is 356 g/mol. The normalized spacial score (nSPS) is 10.4. The zero-order valence-electron chi connectivity index (χ0n) is 8.98. The summed E-state index contributed by atoms with van der Waals surface area (Å²) >= 11 is 2.08. The largest absolute Gasteiger partial charge is 0.397 e. The van der Waals surface area contributed by atoms with Gasteiger partial charge in [0.2, 0.25) is 0 Å². The van der Waals surface area contributed by atoms with Crippen molar-refractivity contribution in [3.8, 4) is 0 Å². The third kappa shape index (κ3) is 2.53. The molecule has 2 aromatic carbocycles. The van der Waals surface area contributed by atoms with Crippen LogP contribution in [0.15, 0.2) is 30.3 Å². The summed E-state index contributed by atoms with van der Waals surface area (Å²) in [4.78, 5) is 0. The number of hydrogen-bond donors (Lipinski definition) is 2. The second kappa shape index (κ2) is 5.05. The number of nitrogen functional groups attached to an aromatic ring is 1. The van der Waals surface area contributed by atoms with Crippen LogP contribution < -0.4 is 11.1 Å². The molecule has 6 heteroatoms. The Hall–Kier alpha value is -1.44. The van der Waals surface area contributed by atoms with E-state index in [2.05, 4.69) is 27.9 Å². The van der Waals surface area contributed by atoms with E-state index in [1.807, 2.05) is 0 Å². The molecule has 2 aromatic rings. The van der Waals surface area contributed by atoms with Crippen LogP contribution in [0.5, 0.6) is 0 Å². The number of hydrogen-bond acceptors (Lipinski definition) is 2. The van der Waals surface area contributed by atoms with E-state index in [4.69, 9.17) is 5.73 Å². The van der Waals surface area contributed by atoms with Gasteiger partial charge < -0.3 is 11.1 Å². The Bertz CT molecular complexity index is 602. The predicted octanol–water partition coefficient (Wildman–Crippen LogP) is 4.03. The first-order chi connectivity index (χ1) is 8.49. The van der Waals surface area contributed by atoms with Crippen LogP contribution in [0.3, 0.4) is 0 Å². The molecule has 0 aliphatic heterocycles. The molecule has 0 aliphatic carbocycles. The van der Waals surface area contributed by atoms with Gasteiger partial charge in [0, 0.05) is 3.57 Å². The van der Waals surface area contributed by atoms with Crippen LogP contribution in [0, 0.1) is 21.0 Å². The monoisotopic (exact) mass is 364 g/mol. The van der Waals surface area contributed by atoms with Gasteiger partial charge in [-0.3, -0.25) is 0 Å². The smallest absolute Gasteiger partial charge is 0.196 e. The molecule has 0 atom stereocenters. The number of nitrogens with two attached hydrogens (primary N) is 1. The molecule has 0 amide bonds. The zero-order chi connectivity index (χ0) is 13.3. The number of halogens is 4. The van der Waals surface area contributed by atoms with E-state index in [0.29, 0.717) is 11.4 Å². The van der Waals surface area contributed by atoms with Crippen molar-refractivity contribution in [1.82, 2.24) is 0 Å². The van der Waals surface area contributed by atoms with Gasteiger partial charge >= 0.3 is 0 Å². The van der Waals surface area contributed by atoms with E-state index in [9.17, 15) is 13.2 Å². The average molecular weight is 364 g/mol. The lowest BCUT2D eigenvalue weighted by Crippen LogP contribution is -2.01. The van der Waals surface area contributed by atoms with Crippen LogP contribution >= 0.6 is 22.6 Å². The summed E-state index contributed by atoms with van der Waals surface area (Å²) in [5, 5.41) is 2.63. The minimum Gasteiger partial charge on any atom is -0.397 e. The quantitative estimate of drug-likeness (QED) is 0.480. The zero-order valence-corrected chi connectivity index (χ0v) is 11.1. The number of rotatable bonds is 2. The van der Waals surface area contributed by atoms with E-state index in [1.165, 1.54) is 0 Å². The third-order valence-electron chi connectivity index (χ3n) is 2.32. The van der Waals surface area contributed by atoms with Crippen molar-refractivity contribution in [3.63, 3.8) is 0 Å². The minimum atomic E-state index is -1.51. The Balaban J connectivity index is 2.37. The Labute approximate surface area is 115 Å². The highest BCUT2D eigenvalue weighted by Crippen LogP contribution is 2.27. The van der Waals surface area contributed by atoms with Crippen molar-refractivity contribution in [2.45, 2.75) is 0 Å². The van der Waals surface area contributed by atoms with E-state index in [0.717, 1.165) is 15.7 Å². The van der Waals surface area contributed by atoms with Gasteiger partial charge in [-0.2, -0.15) is 0 Å². The van der Waals surface area contributed by atoms with Crippen molar-refractivity contribution in [2.75, 3.05) is 11.1 Å². The first-order valence-electron chi connectivity index (χ1n) is 4.94. The summed E-state index contributed by atoms with van der Waals surface area (Å²) in [5.74, 6) is -4.01. The lowest BCUT2D eigenvalue weighted by molar-refractivity contribution is 0.449. The van der Waals surface area contributed by atoms with Gasteiger partial charge in [0.15, 0.2) is 17.5 Å². The molecule has 0 spiro atoms. The van der Waals surface area contributed by atoms with Gasteiger partial charge in [0.25, 0.3) is 0 Å². The van der Waals surface area contributed by atoms with E-state index in [1.54, 1.807) is 18.2 Å². The highest BCUT2D eigenvalue weighted by Gasteiger charge is 2.14. The topological polar surface area (TPSA) is 38.0 Å². The molecule has 18 heavy (non-hydrogen) atoms. The fourth-order valence-electron chi connectivity index (χ4n) is 1.41. The Morgan fingerprint density at radius 3 is 2.28 bits per heavy atom. The molecule has 0 saturated carbocycles. The molecule has 0 bridgehead atoms. The first-order valence-corrected chi connectivity index (χ1v) is 6.02. The molecule has 0 saturated heterocycles. The van der Waals surface area contributed by atoms with E-state index in [-0.39, 0.29) is 5.69 Å². The van der Waals surface area contributed by atoms with Crippen LogP contribution in [0.4, 0.5) is 30.2 Å². The molecule has 2 nitrogen and oxygen atoms in total. The summed E-state index contributed by atoms with van der Waals surface area (Å²) in [6.07, 6.45) is 0. The third-order valence-corrected chi connectivity index (χ3v) is 2.99. The standard InChI is InChI=1S/C12H8F3IN2/c13-7-2-4-10(12(15)11(7)14)18-9-3-1-6(16)5-8(9)17/h1-5,18H,17H2. The summed E-state index contributed by atoms with van der Waals surface area (Å²) in [7, 11) is 0. The van der Waals surface area contributed by atoms with Crippen LogP contribution in [0.25, 0.3) is 0 Å². The molecule has 0 radical (unpaired) electrons. The second-order valence-electron chi connectivity index (χ2n) is 3.58. The number of nitrogens with one attached hydrogen (secondary N) is 1. The maximum absolute atomic E-state index is 13.4. The SMILES string of the molecule is Nc1cc(I)ccc1Nc1ccc(F)c(F)c1F. The Morgan fingerprint density at radius 2 is 1.61 bits per heavy atom. The van der Waals surface area contributed by atoms with Gasteiger partial charge in [-0.05, 0) is 52.9 Å². The molecular formula is C12H8F3IN2. The van der Waals surface area contributed by atoms with E-state index < -0.39 is 17.5 Å². The average Bonchev–Trinajstić information content (AvgIpc) is 2.33. The molecule has 0 fully saturated rings. The fraction of sp³-hybridized carbons (Fsp3) is 0. The van der Waals surface area contributed by atoms with Crippen molar-refractivity contribution in [3.05, 3.63) is 51.4 Å². The Kier molecular flexibility index (Phi) is 3.65. The molecule has 3 N–H and O–H groups in total. The summed E-state index contributed by atoms with van der Waals surface area (Å²) < 4.78 is 40.2. The maximum Gasteiger partial charge on any atom is 0.196 e. The highest BCUT2D eigenvalue weighted by atomic mass is 127. The van der Waals surface area contributed by atoms with Crippen molar-refractivity contribution >= 4 is 39.7 Å². The molecule has 0 heterocycles. The van der Waals surface area contributed by atoms with Gasteiger partial charge in [0.1, 0.15) is 0 Å². The van der Waals surface area contributed by atoms with Crippen molar-refractivity contribution < 1.29 is 13.2 Å². The molecule has 0 aliphatic rings. The van der Waals surface area contributed by atoms with Gasteiger partial charge in [-0.25, -0.2) is 13.2 Å². The van der Waals surface area contributed by atoms with E-state index >= 15 is 0 Å². The molecule has 2 rings (SSSR count). The summed E-state index contributed by atoms with van der Waals surface area (Å²) in [5.41, 5.74) is 6.39. The van der Waals surface area contributed by atoms with Crippen molar-refractivity contribution in [2.24, 2.45) is 0 Å². The highest BCUT2D eigenvalue weighted by molar-refractivity contribution is 14.1.